The Kier molecular flexibility index (Phi) is 7.79. The van der Waals surface area contributed by atoms with Gasteiger partial charge in [0.1, 0.15) is 0 Å². The van der Waals surface area contributed by atoms with E-state index in [2.05, 4.69) is 5.32 Å². The van der Waals surface area contributed by atoms with Crippen LogP contribution in [0, 0.1) is 0 Å². The van der Waals surface area contributed by atoms with E-state index >= 15 is 0 Å². The van der Waals surface area contributed by atoms with Crippen LogP contribution in [0.5, 0.6) is 0 Å². The Bertz CT molecular complexity index is 737. The molecule has 1 heterocycles. The second-order valence-electron chi connectivity index (χ2n) is 6.59. The van der Waals surface area contributed by atoms with Gasteiger partial charge < -0.3 is 10.2 Å². The number of carbonyl (C=O) groups excluding carboxylic acids is 2. The van der Waals surface area contributed by atoms with Gasteiger partial charge in [0.25, 0.3) is 0 Å². The number of benzene rings is 1. The molecule has 0 radical (unpaired) electrons. The van der Waals surface area contributed by atoms with Gasteiger partial charge >= 0.3 is 11.8 Å². The van der Waals surface area contributed by atoms with Gasteiger partial charge in [0.2, 0.25) is 10.0 Å². The van der Waals surface area contributed by atoms with Crippen LogP contribution in [0.15, 0.2) is 29.2 Å². The maximum Gasteiger partial charge on any atom is 0.311 e. The lowest BCUT2D eigenvalue weighted by Crippen LogP contribution is -2.43. The van der Waals surface area contributed by atoms with Crippen LogP contribution < -0.4 is 5.32 Å². The van der Waals surface area contributed by atoms with E-state index in [1.54, 1.807) is 28.6 Å². The molecule has 150 valence electrons. The fourth-order valence-corrected chi connectivity index (χ4v) is 4.65. The van der Waals surface area contributed by atoms with Crippen LogP contribution in [0.3, 0.4) is 0 Å². The molecule has 1 aromatic carbocycles. The van der Waals surface area contributed by atoms with E-state index in [-0.39, 0.29) is 0 Å². The number of carbonyl (C=O) groups is 2. The first-order chi connectivity index (χ1) is 12.9. The van der Waals surface area contributed by atoms with Crippen molar-refractivity contribution in [2.24, 2.45) is 0 Å². The van der Waals surface area contributed by atoms with Crippen LogP contribution in [0.1, 0.15) is 38.7 Å². The number of hydrogen-bond donors (Lipinski definition) is 1. The van der Waals surface area contributed by atoms with E-state index in [1.807, 2.05) is 13.8 Å². The molecule has 0 spiro atoms. The van der Waals surface area contributed by atoms with Crippen molar-refractivity contribution in [2.75, 3.05) is 32.7 Å². The number of nitrogens with zero attached hydrogens (tertiary/aromatic N) is 2. The summed E-state index contributed by atoms with van der Waals surface area (Å²) in [5, 5.41) is 2.62. The summed E-state index contributed by atoms with van der Waals surface area (Å²) >= 11 is 0. The normalized spacial score (nSPS) is 15.3. The van der Waals surface area contributed by atoms with Gasteiger partial charge in [0.05, 0.1) is 4.90 Å². The van der Waals surface area contributed by atoms with E-state index in [1.165, 1.54) is 4.90 Å². The van der Waals surface area contributed by atoms with Gasteiger partial charge in [0, 0.05) is 32.7 Å². The number of sulfonamides is 1. The van der Waals surface area contributed by atoms with Gasteiger partial charge in [-0.3, -0.25) is 9.59 Å². The van der Waals surface area contributed by atoms with Gasteiger partial charge in [-0.05, 0) is 50.8 Å². The molecule has 1 aliphatic rings. The van der Waals surface area contributed by atoms with Gasteiger partial charge in [-0.2, -0.15) is 4.31 Å². The van der Waals surface area contributed by atoms with Crippen molar-refractivity contribution in [3.8, 4) is 0 Å². The number of rotatable bonds is 7. The summed E-state index contributed by atoms with van der Waals surface area (Å²) in [6.45, 7) is 6.13. The third kappa shape index (κ3) is 5.52. The molecule has 27 heavy (non-hydrogen) atoms. The first-order valence-electron chi connectivity index (χ1n) is 9.56. The highest BCUT2D eigenvalue weighted by Crippen LogP contribution is 2.20. The smallest absolute Gasteiger partial charge is 0.311 e. The lowest BCUT2D eigenvalue weighted by Gasteiger charge is -2.25. The van der Waals surface area contributed by atoms with Gasteiger partial charge in [-0.1, -0.05) is 18.6 Å². The van der Waals surface area contributed by atoms with E-state index < -0.39 is 21.8 Å². The standard InChI is InChI=1S/C19H29N3O4S/c1-3-21(4-2)19(24)18(23)20-13-12-16-8-10-17(11-9-16)27(25,26)22-14-6-5-7-15-22/h8-11H,3-7,12-15H2,1-2H3,(H,20,23). The zero-order valence-electron chi connectivity index (χ0n) is 16.1. The molecule has 1 aliphatic heterocycles. The molecule has 2 rings (SSSR count). The summed E-state index contributed by atoms with van der Waals surface area (Å²) in [7, 11) is -3.43. The average molecular weight is 396 g/mol. The van der Waals surface area contributed by atoms with Crippen molar-refractivity contribution in [1.29, 1.82) is 0 Å². The lowest BCUT2D eigenvalue weighted by atomic mass is 10.1. The summed E-state index contributed by atoms with van der Waals surface area (Å²) in [4.78, 5) is 25.5. The Labute approximate surface area is 161 Å². The highest BCUT2D eigenvalue weighted by atomic mass is 32.2. The topological polar surface area (TPSA) is 86.8 Å². The molecule has 1 saturated heterocycles. The molecule has 0 aromatic heterocycles. The molecule has 8 heteroatoms. The lowest BCUT2D eigenvalue weighted by molar-refractivity contribution is -0.145. The van der Waals surface area contributed by atoms with E-state index in [0.717, 1.165) is 24.8 Å². The summed E-state index contributed by atoms with van der Waals surface area (Å²) in [6.07, 6.45) is 3.42. The minimum atomic E-state index is -3.43. The second kappa shape index (κ2) is 9.85. The van der Waals surface area contributed by atoms with Crippen molar-refractivity contribution in [3.63, 3.8) is 0 Å². The fourth-order valence-electron chi connectivity index (χ4n) is 3.13. The molecule has 0 unspecified atom stereocenters. The largest absolute Gasteiger partial charge is 0.347 e. The highest BCUT2D eigenvalue weighted by Gasteiger charge is 2.25. The molecule has 0 atom stereocenters. The Morgan fingerprint density at radius 1 is 1.04 bits per heavy atom. The second-order valence-corrected chi connectivity index (χ2v) is 8.53. The minimum Gasteiger partial charge on any atom is -0.347 e. The van der Waals surface area contributed by atoms with Crippen molar-refractivity contribution >= 4 is 21.8 Å². The molecule has 1 aromatic rings. The van der Waals surface area contributed by atoms with Crippen LogP contribution >= 0.6 is 0 Å². The van der Waals surface area contributed by atoms with E-state index in [0.29, 0.717) is 44.0 Å². The van der Waals surface area contributed by atoms with Crippen molar-refractivity contribution in [3.05, 3.63) is 29.8 Å². The highest BCUT2D eigenvalue weighted by molar-refractivity contribution is 7.89. The third-order valence-electron chi connectivity index (χ3n) is 4.82. The molecule has 2 amide bonds. The molecule has 0 bridgehead atoms. The zero-order valence-corrected chi connectivity index (χ0v) is 16.9. The van der Waals surface area contributed by atoms with Crippen molar-refractivity contribution in [1.82, 2.24) is 14.5 Å². The first-order valence-corrected chi connectivity index (χ1v) is 11.0. The Morgan fingerprint density at radius 3 is 2.19 bits per heavy atom. The van der Waals surface area contributed by atoms with Crippen LogP contribution in [-0.4, -0.2) is 62.2 Å². The van der Waals surface area contributed by atoms with Crippen LogP contribution in [0.25, 0.3) is 0 Å². The molecular weight excluding hydrogens is 366 g/mol. The Hall–Kier alpha value is -1.93. The molecule has 7 nitrogen and oxygen atoms in total. The number of likely N-dealkylation sites (N-methyl/N-ethyl adjacent to an activating group) is 1. The summed E-state index contributed by atoms with van der Waals surface area (Å²) in [6, 6.07) is 6.74. The maximum absolute atomic E-state index is 12.6. The monoisotopic (exact) mass is 395 g/mol. The molecule has 0 aliphatic carbocycles. The summed E-state index contributed by atoms with van der Waals surface area (Å²) in [5.74, 6) is -1.13. The van der Waals surface area contributed by atoms with Gasteiger partial charge in [0.15, 0.2) is 0 Å². The van der Waals surface area contributed by atoms with E-state index in [4.69, 9.17) is 0 Å². The maximum atomic E-state index is 12.6. The number of piperidine rings is 1. The molecule has 0 saturated carbocycles. The predicted molar refractivity (Wildman–Crippen MR) is 104 cm³/mol. The summed E-state index contributed by atoms with van der Waals surface area (Å²) < 4.78 is 26.8. The molecule has 1 N–H and O–H groups in total. The average Bonchev–Trinajstić information content (AvgIpc) is 2.69. The van der Waals surface area contributed by atoms with Crippen LogP contribution in [0.4, 0.5) is 0 Å². The van der Waals surface area contributed by atoms with Crippen molar-refractivity contribution in [2.45, 2.75) is 44.4 Å². The predicted octanol–water partition coefficient (Wildman–Crippen LogP) is 1.39. The third-order valence-corrected chi connectivity index (χ3v) is 6.73. The Balaban J connectivity index is 1.88. The quantitative estimate of drug-likeness (QED) is 0.707. The number of nitrogens with one attached hydrogen (secondary N) is 1. The molecular formula is C19H29N3O4S. The van der Waals surface area contributed by atoms with Gasteiger partial charge in [-0.15, -0.1) is 0 Å². The zero-order chi connectivity index (χ0) is 19.9. The number of amides is 2. The van der Waals surface area contributed by atoms with Crippen LogP contribution in [-0.2, 0) is 26.0 Å². The first kappa shape index (κ1) is 21.4. The fraction of sp³-hybridized carbons (Fsp3) is 0.579. The Morgan fingerprint density at radius 2 is 1.63 bits per heavy atom. The van der Waals surface area contributed by atoms with Crippen molar-refractivity contribution < 1.29 is 18.0 Å². The van der Waals surface area contributed by atoms with Gasteiger partial charge in [-0.25, -0.2) is 8.42 Å². The molecule has 1 fully saturated rings. The number of hydrogen-bond acceptors (Lipinski definition) is 4. The van der Waals surface area contributed by atoms with Crippen LogP contribution in [0.2, 0.25) is 0 Å². The van der Waals surface area contributed by atoms with E-state index in [9.17, 15) is 18.0 Å². The summed E-state index contributed by atoms with van der Waals surface area (Å²) in [5.41, 5.74) is 0.906. The minimum absolute atomic E-state index is 0.300. The SMILES string of the molecule is CCN(CC)C(=O)C(=O)NCCc1ccc(S(=O)(=O)N2CCCCC2)cc1.